The number of pyridine rings is 1. The van der Waals surface area contributed by atoms with Crippen molar-refractivity contribution in [1.82, 2.24) is 10.3 Å². The quantitative estimate of drug-likeness (QED) is 0.913. The Morgan fingerprint density at radius 2 is 1.83 bits per heavy atom. The molecule has 1 fully saturated rings. The normalized spacial score (nSPS) is 16.8. The first-order valence-electron chi connectivity index (χ1n) is 8.61. The minimum absolute atomic E-state index is 0.784. The Labute approximate surface area is 142 Å². The summed E-state index contributed by atoms with van der Waals surface area (Å²) in [6.07, 6.45) is 2.92. The van der Waals surface area contributed by atoms with Crippen molar-refractivity contribution >= 4 is 5.82 Å². The fraction of sp³-hybridized carbons (Fsp3) is 0.421. The second-order valence-electron chi connectivity index (χ2n) is 6.27. The number of aromatic nitrogens is 1. The molecule has 0 unspecified atom stereocenters. The summed E-state index contributed by atoms with van der Waals surface area (Å²) in [5, 5.41) is 3.53. The molecule has 1 saturated heterocycles. The van der Waals surface area contributed by atoms with E-state index >= 15 is 0 Å². The molecule has 0 saturated carbocycles. The van der Waals surface area contributed by atoms with Gasteiger partial charge < -0.3 is 19.7 Å². The Kier molecular flexibility index (Phi) is 4.62. The highest BCUT2D eigenvalue weighted by Gasteiger charge is 2.13. The van der Waals surface area contributed by atoms with E-state index in [9.17, 15) is 0 Å². The van der Waals surface area contributed by atoms with E-state index in [0.717, 1.165) is 64.0 Å². The van der Waals surface area contributed by atoms with Crippen LogP contribution in [0.5, 0.6) is 5.75 Å². The van der Waals surface area contributed by atoms with Crippen molar-refractivity contribution in [2.75, 3.05) is 37.8 Å². The molecular weight excluding hydrogens is 302 g/mol. The van der Waals surface area contributed by atoms with Gasteiger partial charge in [-0.25, -0.2) is 4.98 Å². The Morgan fingerprint density at radius 1 is 1.00 bits per heavy atom. The monoisotopic (exact) mass is 325 g/mol. The van der Waals surface area contributed by atoms with Crippen LogP contribution in [-0.4, -0.2) is 37.9 Å². The predicted molar refractivity (Wildman–Crippen MR) is 93.5 cm³/mol. The van der Waals surface area contributed by atoms with Crippen LogP contribution < -0.4 is 15.0 Å². The Bertz CT molecular complexity index is 699. The number of fused-ring (bicyclic) bond motifs is 1. The standard InChI is InChI=1S/C19H23N3O2/c1-2-18-17(4-8-24-18)11-15(1)13-20-14-16-3-5-21-19(12-16)22-6-9-23-10-7-22/h1-3,5,11-12,20H,4,6-10,13-14H2. The fourth-order valence-electron chi connectivity index (χ4n) is 3.24. The number of benzene rings is 1. The molecule has 1 N–H and O–H groups in total. The van der Waals surface area contributed by atoms with Crippen LogP contribution in [0.25, 0.3) is 0 Å². The number of ether oxygens (including phenoxy) is 2. The number of nitrogens with zero attached hydrogens (tertiary/aromatic N) is 2. The topological polar surface area (TPSA) is 46.6 Å². The van der Waals surface area contributed by atoms with Crippen molar-refractivity contribution in [3.63, 3.8) is 0 Å². The number of hydrogen-bond donors (Lipinski definition) is 1. The fourth-order valence-corrected chi connectivity index (χ4v) is 3.24. The molecule has 0 amide bonds. The zero-order chi connectivity index (χ0) is 16.2. The van der Waals surface area contributed by atoms with Crippen molar-refractivity contribution in [3.05, 3.63) is 53.2 Å². The summed E-state index contributed by atoms with van der Waals surface area (Å²) in [6, 6.07) is 10.7. The van der Waals surface area contributed by atoms with E-state index in [4.69, 9.17) is 9.47 Å². The van der Waals surface area contributed by atoms with E-state index in [-0.39, 0.29) is 0 Å². The van der Waals surface area contributed by atoms with Crippen LogP contribution in [0.4, 0.5) is 5.82 Å². The summed E-state index contributed by atoms with van der Waals surface area (Å²) in [5.41, 5.74) is 3.89. The van der Waals surface area contributed by atoms with Crippen LogP contribution in [-0.2, 0) is 24.2 Å². The van der Waals surface area contributed by atoms with Gasteiger partial charge in [0.2, 0.25) is 0 Å². The van der Waals surface area contributed by atoms with Crippen LogP contribution in [0.2, 0.25) is 0 Å². The molecule has 4 rings (SSSR count). The van der Waals surface area contributed by atoms with Gasteiger partial charge in [0.15, 0.2) is 0 Å². The van der Waals surface area contributed by atoms with Gasteiger partial charge in [-0.3, -0.25) is 0 Å². The molecule has 3 heterocycles. The smallest absolute Gasteiger partial charge is 0.128 e. The minimum atomic E-state index is 0.784. The van der Waals surface area contributed by atoms with Crippen molar-refractivity contribution in [2.45, 2.75) is 19.5 Å². The molecule has 0 atom stereocenters. The van der Waals surface area contributed by atoms with Crippen LogP contribution in [0.1, 0.15) is 16.7 Å². The summed E-state index contributed by atoms with van der Waals surface area (Å²) in [4.78, 5) is 6.78. The molecular formula is C19H23N3O2. The molecule has 0 radical (unpaired) electrons. The molecule has 2 aliphatic heterocycles. The average Bonchev–Trinajstić information content (AvgIpc) is 3.11. The summed E-state index contributed by atoms with van der Waals surface area (Å²) < 4.78 is 11.0. The first-order chi connectivity index (χ1) is 11.9. The zero-order valence-electron chi connectivity index (χ0n) is 13.8. The zero-order valence-corrected chi connectivity index (χ0v) is 13.8. The Morgan fingerprint density at radius 3 is 2.71 bits per heavy atom. The maximum atomic E-state index is 5.56. The maximum absolute atomic E-state index is 5.56. The first-order valence-corrected chi connectivity index (χ1v) is 8.61. The van der Waals surface area contributed by atoms with E-state index in [1.165, 1.54) is 16.7 Å². The first kappa shape index (κ1) is 15.4. The van der Waals surface area contributed by atoms with Gasteiger partial charge in [-0.2, -0.15) is 0 Å². The second kappa shape index (κ2) is 7.20. The van der Waals surface area contributed by atoms with Crippen LogP contribution in [0.15, 0.2) is 36.5 Å². The molecule has 1 aromatic carbocycles. The molecule has 2 aromatic rings. The third-order valence-electron chi connectivity index (χ3n) is 4.56. The van der Waals surface area contributed by atoms with E-state index < -0.39 is 0 Å². The number of morpholine rings is 1. The highest BCUT2D eigenvalue weighted by atomic mass is 16.5. The molecule has 24 heavy (non-hydrogen) atoms. The largest absolute Gasteiger partial charge is 0.493 e. The van der Waals surface area contributed by atoms with Crippen LogP contribution >= 0.6 is 0 Å². The number of anilines is 1. The van der Waals surface area contributed by atoms with Gasteiger partial charge in [-0.1, -0.05) is 12.1 Å². The van der Waals surface area contributed by atoms with E-state index in [1.807, 2.05) is 6.20 Å². The van der Waals surface area contributed by atoms with Crippen molar-refractivity contribution < 1.29 is 9.47 Å². The van der Waals surface area contributed by atoms with Crippen LogP contribution in [0, 0.1) is 0 Å². The summed E-state index contributed by atoms with van der Waals surface area (Å²) in [5.74, 6) is 2.09. The van der Waals surface area contributed by atoms with E-state index in [2.05, 4.69) is 45.5 Å². The summed E-state index contributed by atoms with van der Waals surface area (Å²) >= 11 is 0. The number of hydrogen-bond acceptors (Lipinski definition) is 5. The van der Waals surface area contributed by atoms with Gasteiger partial charge in [0.25, 0.3) is 0 Å². The highest BCUT2D eigenvalue weighted by molar-refractivity contribution is 5.42. The van der Waals surface area contributed by atoms with Gasteiger partial charge in [0.05, 0.1) is 19.8 Å². The third-order valence-corrected chi connectivity index (χ3v) is 4.56. The van der Waals surface area contributed by atoms with Gasteiger partial charge >= 0.3 is 0 Å². The van der Waals surface area contributed by atoms with Crippen molar-refractivity contribution in [2.24, 2.45) is 0 Å². The molecule has 0 spiro atoms. The highest BCUT2D eigenvalue weighted by Crippen LogP contribution is 2.25. The SMILES string of the molecule is c1cc(CNCc2ccc3c(c2)CCO3)cc(N2CCOCC2)n1. The lowest BCUT2D eigenvalue weighted by Crippen LogP contribution is -2.36. The molecule has 5 nitrogen and oxygen atoms in total. The van der Waals surface area contributed by atoms with Gasteiger partial charge in [0, 0.05) is 38.8 Å². The van der Waals surface area contributed by atoms with Gasteiger partial charge in [-0.15, -0.1) is 0 Å². The Hall–Kier alpha value is -2.11. The van der Waals surface area contributed by atoms with Gasteiger partial charge in [-0.05, 0) is 34.9 Å². The molecule has 2 aliphatic rings. The lowest BCUT2D eigenvalue weighted by molar-refractivity contribution is 0.122. The van der Waals surface area contributed by atoms with Gasteiger partial charge in [0.1, 0.15) is 11.6 Å². The van der Waals surface area contributed by atoms with E-state index in [1.54, 1.807) is 0 Å². The maximum Gasteiger partial charge on any atom is 0.128 e. The molecule has 0 bridgehead atoms. The number of rotatable bonds is 5. The Balaban J connectivity index is 1.34. The number of nitrogens with one attached hydrogen (secondary N) is 1. The second-order valence-corrected chi connectivity index (χ2v) is 6.27. The molecule has 126 valence electrons. The average molecular weight is 325 g/mol. The lowest BCUT2D eigenvalue weighted by Gasteiger charge is -2.28. The van der Waals surface area contributed by atoms with Crippen molar-refractivity contribution in [1.29, 1.82) is 0 Å². The van der Waals surface area contributed by atoms with Crippen molar-refractivity contribution in [3.8, 4) is 5.75 Å². The summed E-state index contributed by atoms with van der Waals surface area (Å²) in [7, 11) is 0. The molecule has 0 aliphatic carbocycles. The molecule has 5 heteroatoms. The summed E-state index contributed by atoms with van der Waals surface area (Å²) in [6.45, 7) is 5.92. The molecule has 1 aromatic heterocycles. The van der Waals surface area contributed by atoms with Crippen LogP contribution in [0.3, 0.4) is 0 Å². The lowest BCUT2D eigenvalue weighted by atomic mass is 10.1. The third kappa shape index (κ3) is 3.52. The predicted octanol–water partition coefficient (Wildman–Crippen LogP) is 2.14. The minimum Gasteiger partial charge on any atom is -0.493 e. The van der Waals surface area contributed by atoms with E-state index in [0.29, 0.717) is 0 Å².